The summed E-state index contributed by atoms with van der Waals surface area (Å²) in [4.78, 5) is 16.9. The third-order valence-electron chi connectivity index (χ3n) is 5.24. The molecule has 7 heteroatoms. The van der Waals surface area contributed by atoms with Crippen LogP contribution in [0.4, 0.5) is 0 Å². The molecular weight excluding hydrogens is 398 g/mol. The van der Waals surface area contributed by atoms with Crippen molar-refractivity contribution in [2.45, 2.75) is 24.7 Å². The highest BCUT2D eigenvalue weighted by Crippen LogP contribution is 2.27. The third-order valence-corrected chi connectivity index (χ3v) is 6.93. The van der Waals surface area contributed by atoms with Gasteiger partial charge in [0.15, 0.2) is 0 Å². The minimum absolute atomic E-state index is 0.197. The van der Waals surface area contributed by atoms with E-state index in [9.17, 15) is 13.2 Å². The van der Waals surface area contributed by atoms with E-state index < -0.39 is 10.0 Å². The van der Waals surface area contributed by atoms with E-state index in [1.165, 1.54) is 10.2 Å². The van der Waals surface area contributed by atoms with E-state index in [1.54, 1.807) is 42.3 Å². The fourth-order valence-electron chi connectivity index (χ4n) is 3.31. The van der Waals surface area contributed by atoms with Gasteiger partial charge in [-0.3, -0.25) is 4.79 Å². The highest BCUT2D eigenvalue weighted by atomic mass is 32.2. The Bertz CT molecular complexity index is 1150. The lowest BCUT2D eigenvalue weighted by molar-refractivity contribution is 0.0788. The van der Waals surface area contributed by atoms with Crippen molar-refractivity contribution in [2.75, 3.05) is 34.2 Å². The SMILES string of the molecule is CC(C)c1ccc(S(=O)(=O)n2cc(C(=O)N(C)CCN(C)C)c3ccccc32)cc1. The van der Waals surface area contributed by atoms with Crippen LogP contribution in [0.1, 0.15) is 35.7 Å². The third kappa shape index (κ3) is 4.27. The molecule has 0 spiro atoms. The van der Waals surface area contributed by atoms with Gasteiger partial charge in [0, 0.05) is 31.7 Å². The molecule has 1 aromatic heterocycles. The summed E-state index contributed by atoms with van der Waals surface area (Å²) in [7, 11) is 1.79. The van der Waals surface area contributed by atoms with Crippen LogP contribution in [-0.4, -0.2) is 62.3 Å². The smallest absolute Gasteiger partial charge is 0.268 e. The maximum atomic E-state index is 13.4. The molecule has 1 amide bonds. The lowest BCUT2D eigenvalue weighted by atomic mass is 10.0. The van der Waals surface area contributed by atoms with Gasteiger partial charge < -0.3 is 9.80 Å². The van der Waals surface area contributed by atoms with Crippen molar-refractivity contribution >= 4 is 26.8 Å². The van der Waals surface area contributed by atoms with Gasteiger partial charge in [0.2, 0.25) is 0 Å². The Labute approximate surface area is 178 Å². The number of carbonyl (C=O) groups excluding carboxylic acids is 1. The highest BCUT2D eigenvalue weighted by molar-refractivity contribution is 7.90. The average molecular weight is 428 g/mol. The number of para-hydroxylation sites is 1. The van der Waals surface area contributed by atoms with Crippen LogP contribution >= 0.6 is 0 Å². The molecule has 0 saturated carbocycles. The molecule has 0 radical (unpaired) electrons. The summed E-state index contributed by atoms with van der Waals surface area (Å²) in [5.74, 6) is 0.119. The quantitative estimate of drug-likeness (QED) is 0.578. The number of aromatic nitrogens is 1. The Morgan fingerprint density at radius 2 is 1.60 bits per heavy atom. The predicted octanol–water partition coefficient (Wildman–Crippen LogP) is 3.64. The zero-order valence-electron chi connectivity index (χ0n) is 18.2. The Morgan fingerprint density at radius 1 is 0.967 bits per heavy atom. The molecule has 1 heterocycles. The molecule has 0 unspecified atom stereocenters. The van der Waals surface area contributed by atoms with Crippen LogP contribution in [0.3, 0.4) is 0 Å². The van der Waals surface area contributed by atoms with Gasteiger partial charge in [-0.25, -0.2) is 12.4 Å². The van der Waals surface area contributed by atoms with Gasteiger partial charge >= 0.3 is 0 Å². The molecule has 30 heavy (non-hydrogen) atoms. The number of fused-ring (bicyclic) bond motifs is 1. The van der Waals surface area contributed by atoms with E-state index in [0.29, 0.717) is 28.9 Å². The van der Waals surface area contributed by atoms with E-state index in [1.807, 2.05) is 37.2 Å². The summed E-state index contributed by atoms with van der Waals surface area (Å²) in [6, 6.07) is 14.0. The molecule has 0 fully saturated rings. The van der Waals surface area contributed by atoms with Gasteiger partial charge in [-0.1, -0.05) is 44.2 Å². The molecule has 160 valence electrons. The van der Waals surface area contributed by atoms with Crippen molar-refractivity contribution in [3.63, 3.8) is 0 Å². The monoisotopic (exact) mass is 427 g/mol. The Hall–Kier alpha value is -2.64. The summed E-state index contributed by atoms with van der Waals surface area (Å²) in [6.07, 6.45) is 1.45. The molecule has 0 aliphatic heterocycles. The molecule has 0 N–H and O–H groups in total. The number of rotatable bonds is 7. The summed E-state index contributed by atoms with van der Waals surface area (Å²) < 4.78 is 28.0. The lowest BCUT2D eigenvalue weighted by Crippen LogP contribution is -2.33. The maximum absolute atomic E-state index is 13.4. The minimum Gasteiger partial charge on any atom is -0.340 e. The molecule has 0 bridgehead atoms. The number of benzene rings is 2. The fourth-order valence-corrected chi connectivity index (χ4v) is 4.68. The van der Waals surface area contributed by atoms with E-state index in [0.717, 1.165) is 12.1 Å². The summed E-state index contributed by atoms with van der Waals surface area (Å²) in [5, 5.41) is 0.626. The zero-order valence-corrected chi connectivity index (χ0v) is 19.0. The van der Waals surface area contributed by atoms with E-state index >= 15 is 0 Å². The molecule has 3 rings (SSSR count). The topological polar surface area (TPSA) is 62.6 Å². The van der Waals surface area contributed by atoms with Crippen LogP contribution in [0.2, 0.25) is 0 Å². The van der Waals surface area contributed by atoms with E-state index in [-0.39, 0.29) is 10.8 Å². The van der Waals surface area contributed by atoms with Gasteiger partial charge in [-0.15, -0.1) is 0 Å². The first kappa shape index (κ1) is 22.1. The largest absolute Gasteiger partial charge is 0.340 e. The number of likely N-dealkylation sites (N-methyl/N-ethyl adjacent to an activating group) is 2. The molecule has 3 aromatic rings. The highest BCUT2D eigenvalue weighted by Gasteiger charge is 2.25. The Kier molecular flexibility index (Phi) is 6.33. The maximum Gasteiger partial charge on any atom is 0.268 e. The molecule has 2 aromatic carbocycles. The summed E-state index contributed by atoms with van der Waals surface area (Å²) >= 11 is 0. The fraction of sp³-hybridized carbons (Fsp3) is 0.348. The molecule has 0 aliphatic rings. The van der Waals surface area contributed by atoms with E-state index in [2.05, 4.69) is 13.8 Å². The summed E-state index contributed by atoms with van der Waals surface area (Å²) in [5.41, 5.74) is 1.95. The lowest BCUT2D eigenvalue weighted by Gasteiger charge is -2.19. The van der Waals surface area contributed by atoms with Crippen molar-refractivity contribution < 1.29 is 13.2 Å². The standard InChI is InChI=1S/C23H29N3O3S/c1-17(2)18-10-12-19(13-11-18)30(28,29)26-16-21(20-8-6-7-9-22(20)26)23(27)25(5)15-14-24(3)4/h6-13,16-17H,14-15H2,1-5H3. The van der Waals surface area contributed by atoms with Crippen LogP contribution in [0.15, 0.2) is 59.6 Å². The predicted molar refractivity (Wildman–Crippen MR) is 121 cm³/mol. The zero-order chi connectivity index (χ0) is 22.1. The van der Waals surface area contributed by atoms with Gasteiger partial charge in [0.25, 0.3) is 15.9 Å². The van der Waals surface area contributed by atoms with Crippen LogP contribution in [-0.2, 0) is 10.0 Å². The van der Waals surface area contributed by atoms with Crippen molar-refractivity contribution in [3.8, 4) is 0 Å². The second-order valence-corrected chi connectivity index (χ2v) is 9.93. The molecular formula is C23H29N3O3S. The summed E-state index contributed by atoms with van der Waals surface area (Å²) in [6.45, 7) is 5.40. The van der Waals surface area contributed by atoms with Gasteiger partial charge in [0.1, 0.15) is 0 Å². The van der Waals surface area contributed by atoms with Crippen molar-refractivity contribution in [3.05, 3.63) is 65.9 Å². The van der Waals surface area contributed by atoms with Crippen LogP contribution in [0.25, 0.3) is 10.9 Å². The molecule has 0 aliphatic carbocycles. The normalized spacial score (nSPS) is 12.1. The minimum atomic E-state index is -3.83. The van der Waals surface area contributed by atoms with Crippen molar-refractivity contribution in [1.29, 1.82) is 0 Å². The molecule has 0 atom stereocenters. The Morgan fingerprint density at radius 3 is 2.20 bits per heavy atom. The first-order valence-electron chi connectivity index (χ1n) is 9.98. The number of nitrogens with zero attached hydrogens (tertiary/aromatic N) is 3. The molecule has 6 nitrogen and oxygen atoms in total. The Balaban J connectivity index is 2.06. The number of carbonyl (C=O) groups is 1. The number of hydrogen-bond acceptors (Lipinski definition) is 4. The second kappa shape index (κ2) is 8.62. The number of amides is 1. The van der Waals surface area contributed by atoms with Crippen molar-refractivity contribution in [1.82, 2.24) is 13.8 Å². The van der Waals surface area contributed by atoms with E-state index in [4.69, 9.17) is 0 Å². The average Bonchev–Trinajstić information content (AvgIpc) is 3.12. The van der Waals surface area contributed by atoms with Crippen LogP contribution < -0.4 is 0 Å². The second-order valence-electron chi connectivity index (χ2n) is 8.11. The first-order valence-corrected chi connectivity index (χ1v) is 11.4. The van der Waals surface area contributed by atoms with Crippen molar-refractivity contribution in [2.24, 2.45) is 0 Å². The van der Waals surface area contributed by atoms with Gasteiger partial charge in [0.05, 0.1) is 16.0 Å². The number of hydrogen-bond donors (Lipinski definition) is 0. The van der Waals surface area contributed by atoms with Gasteiger partial charge in [-0.05, 0) is 43.8 Å². The van der Waals surface area contributed by atoms with Crippen LogP contribution in [0.5, 0.6) is 0 Å². The van der Waals surface area contributed by atoms with Gasteiger partial charge in [-0.2, -0.15) is 0 Å². The first-order chi connectivity index (χ1) is 14.1. The van der Waals surface area contributed by atoms with Crippen LogP contribution in [0, 0.1) is 0 Å². The molecule has 0 saturated heterocycles.